The van der Waals surface area contributed by atoms with Gasteiger partial charge in [-0.15, -0.1) is 0 Å². The Morgan fingerprint density at radius 2 is 1.86 bits per heavy atom. The SMILES string of the molecule is O=C(CCn1ccc2ccc(F)cc21)Nc1ccc(N2CCCCS2(=O)=O)cc1. The maximum atomic E-state index is 13.5. The second kappa shape index (κ2) is 7.87. The summed E-state index contributed by atoms with van der Waals surface area (Å²) in [4.78, 5) is 12.3. The molecule has 0 bridgehead atoms. The molecule has 152 valence electrons. The van der Waals surface area contributed by atoms with Gasteiger partial charge in [0.1, 0.15) is 5.82 Å². The van der Waals surface area contributed by atoms with Gasteiger partial charge >= 0.3 is 0 Å². The Bertz CT molecular complexity index is 1140. The summed E-state index contributed by atoms with van der Waals surface area (Å²) in [5, 5.41) is 3.75. The van der Waals surface area contributed by atoms with Gasteiger partial charge in [-0.1, -0.05) is 0 Å². The number of carbonyl (C=O) groups excluding carboxylic acids is 1. The molecule has 6 nitrogen and oxygen atoms in total. The Morgan fingerprint density at radius 3 is 2.62 bits per heavy atom. The number of sulfonamides is 1. The lowest BCUT2D eigenvalue weighted by molar-refractivity contribution is -0.116. The number of aryl methyl sites for hydroxylation is 1. The summed E-state index contributed by atoms with van der Waals surface area (Å²) in [5.41, 5.74) is 1.98. The van der Waals surface area contributed by atoms with Crippen LogP contribution < -0.4 is 9.62 Å². The van der Waals surface area contributed by atoms with Crippen LogP contribution in [0.2, 0.25) is 0 Å². The van der Waals surface area contributed by atoms with E-state index in [1.54, 1.807) is 30.3 Å². The number of rotatable bonds is 5. The summed E-state index contributed by atoms with van der Waals surface area (Å²) in [6, 6.07) is 13.3. The van der Waals surface area contributed by atoms with Crippen LogP contribution >= 0.6 is 0 Å². The molecule has 4 rings (SSSR count). The molecule has 0 radical (unpaired) electrons. The van der Waals surface area contributed by atoms with Crippen LogP contribution in [0.15, 0.2) is 54.7 Å². The predicted molar refractivity (Wildman–Crippen MR) is 112 cm³/mol. The van der Waals surface area contributed by atoms with E-state index in [-0.39, 0.29) is 23.9 Å². The predicted octanol–water partition coefficient (Wildman–Crippen LogP) is 3.74. The number of hydrogen-bond donors (Lipinski definition) is 1. The third-order valence-electron chi connectivity index (χ3n) is 5.10. The molecular weight excluding hydrogens is 393 g/mol. The number of nitrogens with one attached hydrogen (secondary N) is 1. The van der Waals surface area contributed by atoms with Crippen molar-refractivity contribution in [3.8, 4) is 0 Å². The third kappa shape index (κ3) is 4.27. The van der Waals surface area contributed by atoms with Crippen LogP contribution in [0.3, 0.4) is 0 Å². The lowest BCUT2D eigenvalue weighted by atomic mass is 10.2. The number of anilines is 2. The van der Waals surface area contributed by atoms with Gasteiger partial charge in [-0.2, -0.15) is 0 Å². The van der Waals surface area contributed by atoms with Crippen molar-refractivity contribution in [2.45, 2.75) is 25.8 Å². The second-order valence-electron chi connectivity index (χ2n) is 7.15. The summed E-state index contributed by atoms with van der Waals surface area (Å²) in [5.74, 6) is -0.303. The van der Waals surface area contributed by atoms with E-state index in [4.69, 9.17) is 0 Å². The van der Waals surface area contributed by atoms with Gasteiger partial charge in [0.25, 0.3) is 0 Å². The molecule has 0 aliphatic carbocycles. The van der Waals surface area contributed by atoms with Crippen molar-refractivity contribution in [1.82, 2.24) is 4.57 Å². The molecule has 2 aromatic carbocycles. The molecule has 8 heteroatoms. The number of amides is 1. The molecule has 1 aliphatic heterocycles. The smallest absolute Gasteiger partial charge is 0.235 e. The number of benzene rings is 2. The molecule has 1 N–H and O–H groups in total. The molecule has 0 atom stereocenters. The van der Waals surface area contributed by atoms with Crippen LogP contribution in [0.25, 0.3) is 10.9 Å². The van der Waals surface area contributed by atoms with Crippen LogP contribution in [-0.4, -0.2) is 31.2 Å². The van der Waals surface area contributed by atoms with Crippen LogP contribution in [0.5, 0.6) is 0 Å². The first kappa shape index (κ1) is 19.4. The first-order valence-corrected chi connectivity index (χ1v) is 11.2. The van der Waals surface area contributed by atoms with Gasteiger partial charge < -0.3 is 9.88 Å². The highest BCUT2D eigenvalue weighted by molar-refractivity contribution is 7.92. The Kier molecular flexibility index (Phi) is 5.27. The second-order valence-corrected chi connectivity index (χ2v) is 9.17. The first-order chi connectivity index (χ1) is 13.9. The lowest BCUT2D eigenvalue weighted by Crippen LogP contribution is -2.37. The highest BCUT2D eigenvalue weighted by atomic mass is 32.2. The van der Waals surface area contributed by atoms with Gasteiger partial charge in [0.05, 0.1) is 17.0 Å². The van der Waals surface area contributed by atoms with Crippen molar-refractivity contribution in [3.05, 3.63) is 60.5 Å². The maximum absolute atomic E-state index is 13.5. The molecule has 1 saturated heterocycles. The van der Waals surface area contributed by atoms with E-state index < -0.39 is 10.0 Å². The molecular formula is C21H22FN3O3S. The zero-order valence-corrected chi connectivity index (χ0v) is 16.7. The largest absolute Gasteiger partial charge is 0.347 e. The van der Waals surface area contributed by atoms with E-state index in [0.29, 0.717) is 30.9 Å². The maximum Gasteiger partial charge on any atom is 0.235 e. The fourth-order valence-corrected chi connectivity index (χ4v) is 5.23. The summed E-state index contributed by atoms with van der Waals surface area (Å²) in [6.07, 6.45) is 3.61. The average molecular weight is 415 g/mol. The van der Waals surface area contributed by atoms with E-state index in [9.17, 15) is 17.6 Å². The van der Waals surface area contributed by atoms with Gasteiger partial charge in [-0.3, -0.25) is 9.10 Å². The van der Waals surface area contributed by atoms with Crippen LogP contribution in [-0.2, 0) is 21.4 Å². The van der Waals surface area contributed by atoms with Crippen molar-refractivity contribution in [3.63, 3.8) is 0 Å². The minimum atomic E-state index is -3.25. The van der Waals surface area contributed by atoms with E-state index in [1.165, 1.54) is 16.4 Å². The molecule has 1 amide bonds. The highest BCUT2D eigenvalue weighted by Crippen LogP contribution is 2.25. The highest BCUT2D eigenvalue weighted by Gasteiger charge is 2.25. The van der Waals surface area contributed by atoms with Crippen molar-refractivity contribution < 1.29 is 17.6 Å². The molecule has 1 fully saturated rings. The summed E-state index contributed by atoms with van der Waals surface area (Å²) >= 11 is 0. The summed E-state index contributed by atoms with van der Waals surface area (Å²) < 4.78 is 41.1. The van der Waals surface area contributed by atoms with E-state index >= 15 is 0 Å². The number of hydrogen-bond acceptors (Lipinski definition) is 3. The van der Waals surface area contributed by atoms with Gasteiger partial charge in [0, 0.05) is 31.4 Å². The molecule has 1 aliphatic rings. The molecule has 0 spiro atoms. The topological polar surface area (TPSA) is 71.4 Å². The Balaban J connectivity index is 1.38. The minimum Gasteiger partial charge on any atom is -0.347 e. The standard InChI is InChI=1S/C21H22FN3O3S/c22-17-4-3-16-9-12-24(20(16)15-17)13-10-21(26)23-18-5-7-19(8-6-18)25-11-1-2-14-29(25,27)28/h3-9,12,15H,1-2,10-11,13-14H2,(H,23,26). The molecule has 29 heavy (non-hydrogen) atoms. The van der Waals surface area contributed by atoms with Gasteiger partial charge in [-0.25, -0.2) is 12.8 Å². The number of fused-ring (bicyclic) bond motifs is 1. The van der Waals surface area contributed by atoms with Crippen molar-refractivity contribution in [2.24, 2.45) is 0 Å². The van der Waals surface area contributed by atoms with Gasteiger partial charge in [0.15, 0.2) is 0 Å². The van der Waals surface area contributed by atoms with Gasteiger partial charge in [-0.05, 0) is 66.8 Å². The fraction of sp³-hybridized carbons (Fsp3) is 0.286. The lowest BCUT2D eigenvalue weighted by Gasteiger charge is -2.28. The van der Waals surface area contributed by atoms with Crippen molar-refractivity contribution in [2.75, 3.05) is 21.9 Å². The molecule has 3 aromatic rings. The molecule has 2 heterocycles. The van der Waals surface area contributed by atoms with Crippen molar-refractivity contribution >= 4 is 38.2 Å². The number of aromatic nitrogens is 1. The molecule has 0 saturated carbocycles. The van der Waals surface area contributed by atoms with Crippen LogP contribution in [0.1, 0.15) is 19.3 Å². The normalized spacial score (nSPS) is 16.1. The average Bonchev–Trinajstić information content (AvgIpc) is 3.09. The monoisotopic (exact) mass is 415 g/mol. The molecule has 1 aromatic heterocycles. The number of nitrogens with zero attached hydrogens (tertiary/aromatic N) is 2. The zero-order valence-electron chi connectivity index (χ0n) is 15.8. The minimum absolute atomic E-state index is 0.165. The summed E-state index contributed by atoms with van der Waals surface area (Å²) in [6.45, 7) is 0.919. The zero-order chi connectivity index (χ0) is 20.4. The Morgan fingerprint density at radius 1 is 1.07 bits per heavy atom. The molecule has 0 unspecified atom stereocenters. The number of carbonyl (C=O) groups is 1. The van der Waals surface area contributed by atoms with Crippen molar-refractivity contribution in [1.29, 1.82) is 0 Å². The fourth-order valence-electron chi connectivity index (χ4n) is 3.59. The van der Waals surface area contributed by atoms with Crippen LogP contribution in [0, 0.1) is 5.82 Å². The quantitative estimate of drug-likeness (QED) is 0.690. The van der Waals surface area contributed by atoms with E-state index in [0.717, 1.165) is 17.3 Å². The third-order valence-corrected chi connectivity index (χ3v) is 6.97. The summed E-state index contributed by atoms with van der Waals surface area (Å²) in [7, 11) is -3.25. The van der Waals surface area contributed by atoms with E-state index in [1.807, 2.05) is 16.8 Å². The Labute approximate surface area is 169 Å². The van der Waals surface area contributed by atoms with Gasteiger partial charge in [0.2, 0.25) is 15.9 Å². The Hall–Kier alpha value is -2.87. The first-order valence-electron chi connectivity index (χ1n) is 9.57. The number of halogens is 1. The van der Waals surface area contributed by atoms with Crippen LogP contribution in [0.4, 0.5) is 15.8 Å². The van der Waals surface area contributed by atoms with E-state index in [2.05, 4.69) is 5.32 Å².